The number of hydrogen-bond donors (Lipinski definition) is 1. The highest BCUT2D eigenvalue weighted by atomic mass is 16.7. The van der Waals surface area contributed by atoms with Gasteiger partial charge in [-0.2, -0.15) is 5.10 Å². The van der Waals surface area contributed by atoms with Crippen molar-refractivity contribution in [2.45, 2.75) is 6.92 Å². The first-order valence-corrected chi connectivity index (χ1v) is 6.02. The molecule has 2 heterocycles. The predicted octanol–water partition coefficient (Wildman–Crippen LogP) is 2.16. The molecule has 6 nitrogen and oxygen atoms in total. The van der Waals surface area contributed by atoms with E-state index in [0.717, 1.165) is 5.56 Å². The second kappa shape index (κ2) is 5.08. The normalized spacial score (nSPS) is 13.3. The minimum Gasteiger partial charge on any atom is -0.459 e. The molecule has 0 bridgehead atoms. The number of rotatable bonds is 3. The zero-order valence-corrected chi connectivity index (χ0v) is 10.8. The van der Waals surface area contributed by atoms with Crippen LogP contribution >= 0.6 is 0 Å². The summed E-state index contributed by atoms with van der Waals surface area (Å²) in [5, 5.41) is 4.04. The monoisotopic (exact) mass is 272 g/mol. The Balaban J connectivity index is 1.73. The first-order chi connectivity index (χ1) is 9.74. The Hall–Kier alpha value is -2.76. The number of nitrogens with zero attached hydrogens (tertiary/aromatic N) is 1. The second-order valence-electron chi connectivity index (χ2n) is 4.18. The molecule has 1 N–H and O–H groups in total. The summed E-state index contributed by atoms with van der Waals surface area (Å²) in [7, 11) is 0. The van der Waals surface area contributed by atoms with Crippen LogP contribution in [0.2, 0.25) is 0 Å². The van der Waals surface area contributed by atoms with Gasteiger partial charge in [-0.1, -0.05) is 0 Å². The molecule has 3 rings (SSSR count). The fourth-order valence-electron chi connectivity index (χ4n) is 1.78. The smallest absolute Gasteiger partial charge is 0.307 e. The number of hydrogen-bond acceptors (Lipinski definition) is 5. The third-order valence-electron chi connectivity index (χ3n) is 2.86. The van der Waals surface area contributed by atoms with Crippen molar-refractivity contribution in [3.05, 3.63) is 47.9 Å². The summed E-state index contributed by atoms with van der Waals surface area (Å²) in [4.78, 5) is 11.7. The number of amides is 1. The molecule has 1 aromatic carbocycles. The molecule has 0 atom stereocenters. The van der Waals surface area contributed by atoms with Crippen LogP contribution in [0, 0.1) is 0 Å². The highest BCUT2D eigenvalue weighted by molar-refractivity contribution is 6.00. The number of benzene rings is 1. The molecule has 1 amide bonds. The Kier molecular flexibility index (Phi) is 3.12. The summed E-state index contributed by atoms with van der Waals surface area (Å²) >= 11 is 0. The van der Waals surface area contributed by atoms with Gasteiger partial charge in [-0.15, -0.1) is 0 Å². The lowest BCUT2D eigenvalue weighted by molar-refractivity contribution is 0.0927. The maximum atomic E-state index is 11.7. The van der Waals surface area contributed by atoms with Crippen molar-refractivity contribution in [3.8, 4) is 11.5 Å². The summed E-state index contributed by atoms with van der Waals surface area (Å²) in [5.41, 5.74) is 3.93. The van der Waals surface area contributed by atoms with Gasteiger partial charge in [0.2, 0.25) is 6.79 Å². The van der Waals surface area contributed by atoms with Gasteiger partial charge in [0.25, 0.3) is 0 Å². The number of nitrogens with one attached hydrogen (secondary N) is 1. The SMILES string of the molecule is CC(=NNC(=O)c1ccco1)c1ccc2c(c1)OCO2. The average molecular weight is 272 g/mol. The van der Waals surface area contributed by atoms with Crippen molar-refractivity contribution in [2.24, 2.45) is 5.10 Å². The second-order valence-corrected chi connectivity index (χ2v) is 4.18. The molecule has 102 valence electrons. The van der Waals surface area contributed by atoms with Crippen molar-refractivity contribution in [1.82, 2.24) is 5.43 Å². The quantitative estimate of drug-likeness (QED) is 0.686. The van der Waals surface area contributed by atoms with Gasteiger partial charge >= 0.3 is 5.91 Å². The number of hydrazone groups is 1. The molecule has 0 aliphatic carbocycles. The van der Waals surface area contributed by atoms with Crippen LogP contribution in [0.25, 0.3) is 0 Å². The number of ether oxygens (including phenoxy) is 2. The molecule has 1 aliphatic heterocycles. The summed E-state index contributed by atoms with van der Waals surface area (Å²) in [6.07, 6.45) is 1.43. The van der Waals surface area contributed by atoms with Crippen LogP contribution < -0.4 is 14.9 Å². The van der Waals surface area contributed by atoms with E-state index in [1.54, 1.807) is 19.1 Å². The number of fused-ring (bicyclic) bond motifs is 1. The van der Waals surface area contributed by atoms with Gasteiger partial charge < -0.3 is 13.9 Å². The molecule has 0 unspecified atom stereocenters. The van der Waals surface area contributed by atoms with Crippen LogP contribution in [0.5, 0.6) is 11.5 Å². The Labute approximate surface area is 115 Å². The molecule has 1 aliphatic rings. The summed E-state index contributed by atoms with van der Waals surface area (Å²) in [5.74, 6) is 1.21. The molecule has 1 aromatic heterocycles. The van der Waals surface area contributed by atoms with Crippen LogP contribution in [0.1, 0.15) is 23.0 Å². The van der Waals surface area contributed by atoms with Crippen molar-refractivity contribution < 1.29 is 18.7 Å². The summed E-state index contributed by atoms with van der Waals surface area (Å²) < 4.78 is 15.5. The molecule has 0 fully saturated rings. The van der Waals surface area contributed by atoms with Crippen LogP contribution in [-0.2, 0) is 0 Å². The number of carbonyl (C=O) groups is 1. The van der Waals surface area contributed by atoms with Gasteiger partial charge in [0.05, 0.1) is 12.0 Å². The van der Waals surface area contributed by atoms with E-state index in [-0.39, 0.29) is 12.6 Å². The third kappa shape index (κ3) is 2.35. The van der Waals surface area contributed by atoms with E-state index in [4.69, 9.17) is 13.9 Å². The van der Waals surface area contributed by atoms with E-state index in [9.17, 15) is 4.79 Å². The minimum absolute atomic E-state index is 0.215. The first kappa shape index (κ1) is 12.3. The Bertz CT molecular complexity index is 662. The van der Waals surface area contributed by atoms with Gasteiger partial charge in [-0.25, -0.2) is 5.43 Å². The van der Waals surface area contributed by atoms with E-state index in [1.165, 1.54) is 6.26 Å². The fourth-order valence-corrected chi connectivity index (χ4v) is 1.78. The van der Waals surface area contributed by atoms with E-state index in [2.05, 4.69) is 10.5 Å². The lowest BCUT2D eigenvalue weighted by Crippen LogP contribution is -2.18. The van der Waals surface area contributed by atoms with E-state index in [1.807, 2.05) is 18.2 Å². The lowest BCUT2D eigenvalue weighted by atomic mass is 10.1. The van der Waals surface area contributed by atoms with Gasteiger partial charge in [-0.05, 0) is 37.3 Å². The van der Waals surface area contributed by atoms with Crippen LogP contribution in [0.3, 0.4) is 0 Å². The molecular weight excluding hydrogens is 260 g/mol. The van der Waals surface area contributed by atoms with Gasteiger partial charge in [0, 0.05) is 5.56 Å². The molecule has 0 spiro atoms. The molecule has 0 radical (unpaired) electrons. The summed E-state index contributed by atoms with van der Waals surface area (Å²) in [6, 6.07) is 8.70. The van der Waals surface area contributed by atoms with E-state index >= 15 is 0 Å². The molecule has 6 heteroatoms. The Morgan fingerprint density at radius 3 is 2.90 bits per heavy atom. The molecule has 20 heavy (non-hydrogen) atoms. The summed E-state index contributed by atoms with van der Waals surface area (Å²) in [6.45, 7) is 2.02. The third-order valence-corrected chi connectivity index (χ3v) is 2.86. The van der Waals surface area contributed by atoms with E-state index < -0.39 is 5.91 Å². The van der Waals surface area contributed by atoms with Crippen molar-refractivity contribution in [1.29, 1.82) is 0 Å². The molecule has 0 saturated heterocycles. The van der Waals surface area contributed by atoms with Gasteiger partial charge in [-0.3, -0.25) is 4.79 Å². The maximum Gasteiger partial charge on any atom is 0.307 e. The standard InChI is InChI=1S/C14H12N2O4/c1-9(15-16-14(17)12-3-2-6-18-12)10-4-5-11-13(7-10)20-8-19-11/h2-7H,8H2,1H3,(H,16,17). The van der Waals surface area contributed by atoms with Crippen LogP contribution in [0.4, 0.5) is 0 Å². The average Bonchev–Trinajstić information content (AvgIpc) is 3.13. The molecule has 2 aromatic rings. The zero-order chi connectivity index (χ0) is 13.9. The first-order valence-electron chi connectivity index (χ1n) is 6.02. The van der Waals surface area contributed by atoms with Crippen LogP contribution in [0.15, 0.2) is 46.1 Å². The largest absolute Gasteiger partial charge is 0.459 e. The van der Waals surface area contributed by atoms with Crippen LogP contribution in [-0.4, -0.2) is 18.4 Å². The highest BCUT2D eigenvalue weighted by Crippen LogP contribution is 2.32. The maximum absolute atomic E-state index is 11.7. The van der Waals surface area contributed by atoms with Crippen molar-refractivity contribution >= 4 is 11.6 Å². The molecular formula is C14H12N2O4. The minimum atomic E-state index is -0.393. The van der Waals surface area contributed by atoms with Crippen molar-refractivity contribution in [3.63, 3.8) is 0 Å². The Morgan fingerprint density at radius 2 is 2.10 bits per heavy atom. The van der Waals surface area contributed by atoms with Crippen molar-refractivity contribution in [2.75, 3.05) is 6.79 Å². The number of furan rings is 1. The zero-order valence-electron chi connectivity index (χ0n) is 10.8. The molecule has 0 saturated carbocycles. The van der Waals surface area contributed by atoms with E-state index in [0.29, 0.717) is 17.2 Å². The Morgan fingerprint density at radius 1 is 1.25 bits per heavy atom. The lowest BCUT2D eigenvalue weighted by Gasteiger charge is -2.03. The van der Waals surface area contributed by atoms with Gasteiger partial charge in [0.15, 0.2) is 17.3 Å². The predicted molar refractivity (Wildman–Crippen MR) is 71.0 cm³/mol. The topological polar surface area (TPSA) is 73.1 Å². The highest BCUT2D eigenvalue weighted by Gasteiger charge is 2.14. The van der Waals surface area contributed by atoms with Gasteiger partial charge in [0.1, 0.15) is 0 Å². The number of carbonyl (C=O) groups excluding carboxylic acids is 1. The fraction of sp³-hybridized carbons (Fsp3) is 0.143.